The molecule has 1 aliphatic carbocycles. The number of nitrogens with two attached hydrogens (primary N) is 1. The predicted molar refractivity (Wildman–Crippen MR) is 78.5 cm³/mol. The lowest BCUT2D eigenvalue weighted by Gasteiger charge is -2.46. The first-order valence-corrected chi connectivity index (χ1v) is 7.71. The SMILES string of the molecule is C=O.CC1(CSC2CC(=O)CC2O)NC(=O)CCC1(N)O. The molecule has 4 unspecified atom stereocenters. The van der Waals surface area contributed by atoms with E-state index in [1.54, 1.807) is 6.92 Å². The van der Waals surface area contributed by atoms with Gasteiger partial charge in [-0.3, -0.25) is 9.59 Å². The number of aliphatic hydroxyl groups excluding tert-OH is 1. The van der Waals surface area contributed by atoms with Crippen LogP contribution in [-0.2, 0) is 14.4 Å². The van der Waals surface area contributed by atoms with Gasteiger partial charge in [0.2, 0.25) is 5.91 Å². The van der Waals surface area contributed by atoms with E-state index in [0.29, 0.717) is 12.2 Å². The van der Waals surface area contributed by atoms with Gasteiger partial charge in [0.05, 0.1) is 11.6 Å². The second kappa shape index (κ2) is 6.87. The first-order valence-electron chi connectivity index (χ1n) is 6.66. The van der Waals surface area contributed by atoms with Crippen LogP contribution in [0.25, 0.3) is 0 Å². The van der Waals surface area contributed by atoms with Crippen molar-refractivity contribution in [3.63, 3.8) is 0 Å². The molecule has 2 rings (SSSR count). The Hall–Kier alpha value is -0.960. The van der Waals surface area contributed by atoms with Crippen LogP contribution >= 0.6 is 11.8 Å². The lowest BCUT2D eigenvalue weighted by atomic mass is 9.83. The van der Waals surface area contributed by atoms with Crippen molar-refractivity contribution in [1.29, 1.82) is 0 Å². The molecule has 1 aliphatic heterocycles. The Morgan fingerprint density at radius 3 is 2.57 bits per heavy atom. The summed E-state index contributed by atoms with van der Waals surface area (Å²) in [5.41, 5.74) is 3.45. The van der Waals surface area contributed by atoms with E-state index in [9.17, 15) is 19.8 Å². The van der Waals surface area contributed by atoms with Gasteiger partial charge >= 0.3 is 0 Å². The third-order valence-electron chi connectivity index (χ3n) is 3.98. The maximum atomic E-state index is 11.5. The van der Waals surface area contributed by atoms with Crippen LogP contribution in [0, 0.1) is 0 Å². The van der Waals surface area contributed by atoms with Crippen molar-refractivity contribution in [1.82, 2.24) is 5.32 Å². The lowest BCUT2D eigenvalue weighted by molar-refractivity contribution is -0.136. The zero-order chi connectivity index (χ0) is 16.3. The van der Waals surface area contributed by atoms with Gasteiger partial charge in [-0.2, -0.15) is 11.8 Å². The van der Waals surface area contributed by atoms with Crippen LogP contribution in [0.2, 0.25) is 0 Å². The smallest absolute Gasteiger partial charge is 0.220 e. The van der Waals surface area contributed by atoms with Crippen molar-refractivity contribution < 1.29 is 24.6 Å². The van der Waals surface area contributed by atoms with E-state index in [1.165, 1.54) is 11.8 Å². The Balaban J connectivity index is 0.00000106. The van der Waals surface area contributed by atoms with E-state index in [0.717, 1.165) is 0 Å². The van der Waals surface area contributed by atoms with Crippen LogP contribution in [-0.4, -0.2) is 57.1 Å². The Morgan fingerprint density at radius 1 is 1.43 bits per heavy atom. The molecule has 0 bridgehead atoms. The molecule has 0 aromatic heterocycles. The highest BCUT2D eigenvalue weighted by Gasteiger charge is 2.49. The number of aliphatic hydroxyl groups is 2. The molecule has 2 fully saturated rings. The largest absolute Gasteiger partial charge is 0.392 e. The van der Waals surface area contributed by atoms with Crippen molar-refractivity contribution in [3.05, 3.63) is 0 Å². The zero-order valence-electron chi connectivity index (χ0n) is 12.0. The third-order valence-corrected chi connectivity index (χ3v) is 5.64. The molecule has 4 atom stereocenters. The number of hydrogen-bond acceptors (Lipinski definition) is 7. The topological polar surface area (TPSA) is 130 Å². The molecule has 2 aliphatic rings. The summed E-state index contributed by atoms with van der Waals surface area (Å²) in [4.78, 5) is 30.7. The van der Waals surface area contributed by atoms with E-state index >= 15 is 0 Å². The molecule has 1 amide bonds. The number of hydrogen-bond donors (Lipinski definition) is 4. The number of piperidine rings is 1. The van der Waals surface area contributed by atoms with Crippen LogP contribution in [0.1, 0.15) is 32.6 Å². The fourth-order valence-corrected chi connectivity index (χ4v) is 3.96. The molecule has 0 aromatic carbocycles. The first kappa shape index (κ1) is 18.1. The number of amides is 1. The Bertz CT molecular complexity index is 417. The van der Waals surface area contributed by atoms with Gasteiger partial charge in [0, 0.05) is 36.7 Å². The van der Waals surface area contributed by atoms with E-state index in [1.807, 2.05) is 6.79 Å². The fraction of sp³-hybridized carbons (Fsp3) is 0.769. The number of nitrogens with one attached hydrogen (secondary N) is 1. The van der Waals surface area contributed by atoms with Gasteiger partial charge in [-0.25, -0.2) is 0 Å². The number of carbonyl (C=O) groups is 3. The number of Topliss-reactive ketones (excluding diaryl/α,β-unsaturated/α-hetero) is 1. The minimum Gasteiger partial charge on any atom is -0.392 e. The van der Waals surface area contributed by atoms with Crippen molar-refractivity contribution >= 4 is 30.2 Å². The normalized spacial score (nSPS) is 39.4. The molecule has 7 nitrogen and oxygen atoms in total. The molecule has 5 N–H and O–H groups in total. The van der Waals surface area contributed by atoms with Crippen LogP contribution in [0.5, 0.6) is 0 Å². The van der Waals surface area contributed by atoms with Crippen LogP contribution in [0.4, 0.5) is 0 Å². The molecule has 21 heavy (non-hydrogen) atoms. The summed E-state index contributed by atoms with van der Waals surface area (Å²) >= 11 is 1.38. The second-order valence-corrected chi connectivity index (χ2v) is 6.90. The summed E-state index contributed by atoms with van der Waals surface area (Å²) in [5.74, 6) is 0.271. The maximum absolute atomic E-state index is 11.5. The first-order chi connectivity index (χ1) is 9.73. The highest BCUT2D eigenvalue weighted by molar-refractivity contribution is 8.00. The molecule has 0 spiro atoms. The minimum absolute atomic E-state index is 0.0471. The summed E-state index contributed by atoms with van der Waals surface area (Å²) in [6, 6.07) is 0. The van der Waals surface area contributed by atoms with Crippen molar-refractivity contribution in [2.75, 3.05) is 5.75 Å². The number of ketones is 1. The molecule has 1 saturated carbocycles. The third kappa shape index (κ3) is 4.03. The summed E-state index contributed by atoms with van der Waals surface area (Å²) < 4.78 is 0. The van der Waals surface area contributed by atoms with Gasteiger partial charge in [-0.15, -0.1) is 0 Å². The maximum Gasteiger partial charge on any atom is 0.220 e. The van der Waals surface area contributed by atoms with E-state index in [-0.39, 0.29) is 36.2 Å². The van der Waals surface area contributed by atoms with Gasteiger partial charge in [0.25, 0.3) is 0 Å². The van der Waals surface area contributed by atoms with Crippen molar-refractivity contribution in [2.45, 2.75) is 55.2 Å². The average molecular weight is 318 g/mol. The Kier molecular flexibility index (Phi) is 5.92. The van der Waals surface area contributed by atoms with Crippen LogP contribution in [0.15, 0.2) is 0 Å². The highest BCUT2D eigenvalue weighted by atomic mass is 32.2. The minimum atomic E-state index is -1.47. The Morgan fingerprint density at radius 2 is 2.05 bits per heavy atom. The van der Waals surface area contributed by atoms with Crippen LogP contribution in [0.3, 0.4) is 0 Å². The average Bonchev–Trinajstić information content (AvgIpc) is 2.73. The predicted octanol–water partition coefficient (Wildman–Crippen LogP) is -1.06. The number of thioether (sulfide) groups is 1. The van der Waals surface area contributed by atoms with Crippen molar-refractivity contribution in [2.24, 2.45) is 5.73 Å². The van der Waals surface area contributed by atoms with Gasteiger partial charge in [0.15, 0.2) is 0 Å². The summed E-state index contributed by atoms with van der Waals surface area (Å²) in [5, 5.41) is 22.5. The number of rotatable bonds is 3. The molecule has 1 saturated heterocycles. The molecule has 8 heteroatoms. The quantitative estimate of drug-likeness (QED) is 0.488. The van der Waals surface area contributed by atoms with Gasteiger partial charge in [-0.05, 0) is 6.92 Å². The zero-order valence-corrected chi connectivity index (χ0v) is 12.8. The van der Waals surface area contributed by atoms with E-state index in [4.69, 9.17) is 10.5 Å². The summed E-state index contributed by atoms with van der Waals surface area (Å²) in [6.45, 7) is 3.69. The standard InChI is InChI=1S/C12H20N2O4S.CH2O/c1-11(12(13,18)3-2-10(17)14-11)6-19-9-5-7(15)4-8(9)16;1-2/h8-9,16,18H,2-6,13H2,1H3,(H,14,17);1H2. The monoisotopic (exact) mass is 318 g/mol. The second-order valence-electron chi connectivity index (χ2n) is 5.67. The van der Waals surface area contributed by atoms with Crippen molar-refractivity contribution in [3.8, 4) is 0 Å². The summed E-state index contributed by atoms with van der Waals surface area (Å²) in [6.07, 6.45) is 0.290. The van der Waals surface area contributed by atoms with Gasteiger partial charge in [0.1, 0.15) is 18.3 Å². The lowest BCUT2D eigenvalue weighted by Crippen LogP contribution is -2.71. The highest BCUT2D eigenvalue weighted by Crippen LogP contribution is 2.35. The molecule has 1 heterocycles. The van der Waals surface area contributed by atoms with Crippen LogP contribution < -0.4 is 11.1 Å². The molecule has 0 radical (unpaired) electrons. The Labute approximate surface area is 127 Å². The van der Waals surface area contributed by atoms with E-state index < -0.39 is 17.4 Å². The fourth-order valence-electron chi connectivity index (χ4n) is 2.47. The summed E-state index contributed by atoms with van der Waals surface area (Å²) in [7, 11) is 0. The number of carbonyl (C=O) groups excluding carboxylic acids is 3. The molecular formula is C13H22N2O5S. The van der Waals surface area contributed by atoms with Gasteiger partial charge in [-0.1, -0.05) is 0 Å². The molecule has 0 aromatic rings. The van der Waals surface area contributed by atoms with Gasteiger partial charge < -0.3 is 26.1 Å². The molecule has 120 valence electrons. The molecular weight excluding hydrogens is 296 g/mol. The van der Waals surface area contributed by atoms with E-state index in [2.05, 4.69) is 5.32 Å².